The molecule has 0 N–H and O–H groups in total. The van der Waals surface area contributed by atoms with Crippen LogP contribution in [0.5, 0.6) is 0 Å². The topological polar surface area (TPSA) is 71.1 Å². The van der Waals surface area contributed by atoms with Crippen molar-refractivity contribution in [2.45, 2.75) is 57.5 Å². The van der Waals surface area contributed by atoms with Crippen LogP contribution in [-0.4, -0.2) is 46.7 Å². The summed E-state index contributed by atoms with van der Waals surface area (Å²) in [6.07, 6.45) is 4.26. The van der Waals surface area contributed by atoms with Crippen LogP contribution in [0.25, 0.3) is 0 Å². The van der Waals surface area contributed by atoms with E-state index in [2.05, 4.69) is 69.3 Å². The third kappa shape index (κ3) is 7.09. The second-order valence-corrected chi connectivity index (χ2v) is 16.0. The summed E-state index contributed by atoms with van der Waals surface area (Å²) < 4.78 is 24.0. The number of esters is 2. The van der Waals surface area contributed by atoms with Crippen LogP contribution in [0.15, 0.2) is 103 Å². The summed E-state index contributed by atoms with van der Waals surface area (Å²) in [5.74, 6) is -2.83. The zero-order chi connectivity index (χ0) is 30.2. The molecular weight excluding hydrogens is 544 g/mol. The molecule has 3 aromatic rings. The van der Waals surface area contributed by atoms with Gasteiger partial charge in [-0.2, -0.15) is 0 Å². The molecule has 0 aromatic heterocycles. The number of allylic oxidation sites excluding steroid dienone is 1. The van der Waals surface area contributed by atoms with Gasteiger partial charge in [-0.3, -0.25) is 9.59 Å². The molecule has 0 aliphatic heterocycles. The molecule has 1 aliphatic carbocycles. The minimum atomic E-state index is -2.93. The molecule has 222 valence electrons. The highest BCUT2D eigenvalue weighted by molar-refractivity contribution is 6.99. The Balaban J connectivity index is 1.78. The van der Waals surface area contributed by atoms with Crippen LogP contribution in [0.1, 0.15) is 39.2 Å². The van der Waals surface area contributed by atoms with Crippen molar-refractivity contribution in [2.75, 3.05) is 14.2 Å². The molecule has 3 aromatic carbocycles. The molecular formula is C35H42O6Si. The number of carbonyl (C=O) groups is 2. The third-order valence-electron chi connectivity index (χ3n) is 8.01. The first-order valence-corrected chi connectivity index (χ1v) is 16.4. The van der Waals surface area contributed by atoms with Crippen LogP contribution in [0.3, 0.4) is 0 Å². The fraction of sp³-hybridized carbons (Fsp3) is 0.371. The highest BCUT2D eigenvalue weighted by Crippen LogP contribution is 2.40. The van der Waals surface area contributed by atoms with Crippen LogP contribution in [0.2, 0.25) is 5.04 Å². The predicted octanol–water partition coefficient (Wildman–Crippen LogP) is 5.45. The molecule has 0 saturated heterocycles. The highest BCUT2D eigenvalue weighted by atomic mass is 28.4. The lowest BCUT2D eigenvalue weighted by atomic mass is 9.87. The molecule has 3 atom stereocenters. The predicted molar refractivity (Wildman–Crippen MR) is 167 cm³/mol. The van der Waals surface area contributed by atoms with Crippen molar-refractivity contribution in [3.05, 3.63) is 109 Å². The maximum absolute atomic E-state index is 12.9. The van der Waals surface area contributed by atoms with Gasteiger partial charge >= 0.3 is 11.9 Å². The van der Waals surface area contributed by atoms with Crippen molar-refractivity contribution in [3.8, 4) is 0 Å². The van der Waals surface area contributed by atoms with Gasteiger partial charge in [0, 0.05) is 18.4 Å². The monoisotopic (exact) mass is 586 g/mol. The molecule has 0 unspecified atom stereocenters. The van der Waals surface area contributed by atoms with E-state index in [1.54, 1.807) is 0 Å². The maximum atomic E-state index is 12.9. The average molecular weight is 587 g/mol. The number of methoxy groups -OCH3 is 2. The highest BCUT2D eigenvalue weighted by Gasteiger charge is 2.52. The standard InChI is InChI=1S/C35H42O6Si/c1-35(2,3)42(30-17-11-7-12-18-30,31-19-13-8-14-20-31)41-29-23-27(32(33(36)38-4)34(37)39-5)21-22-28(24-29)40-25-26-15-9-6-10-16-26/h6-22,27-29,32H,23-25H2,1-5H3/t27-,28+,29-/m1/s1. The van der Waals surface area contributed by atoms with Gasteiger partial charge in [0.2, 0.25) is 0 Å². The van der Waals surface area contributed by atoms with E-state index in [0.29, 0.717) is 19.4 Å². The van der Waals surface area contributed by atoms with Crippen molar-refractivity contribution < 1.29 is 28.2 Å². The van der Waals surface area contributed by atoms with Gasteiger partial charge in [-0.05, 0) is 27.4 Å². The molecule has 6 nitrogen and oxygen atoms in total. The lowest BCUT2D eigenvalue weighted by Crippen LogP contribution is -2.68. The molecule has 0 spiro atoms. The van der Waals surface area contributed by atoms with Crippen LogP contribution in [0, 0.1) is 11.8 Å². The Morgan fingerprint density at radius 1 is 0.762 bits per heavy atom. The zero-order valence-corrected chi connectivity index (χ0v) is 26.2. The number of ether oxygens (including phenoxy) is 3. The van der Waals surface area contributed by atoms with Crippen molar-refractivity contribution in [2.24, 2.45) is 11.8 Å². The van der Waals surface area contributed by atoms with Gasteiger partial charge in [0.15, 0.2) is 5.92 Å². The largest absolute Gasteiger partial charge is 0.468 e. The first-order chi connectivity index (χ1) is 20.2. The number of benzene rings is 3. The zero-order valence-electron chi connectivity index (χ0n) is 25.2. The summed E-state index contributed by atoms with van der Waals surface area (Å²) in [6, 6.07) is 30.9. The Kier molecular flexibility index (Phi) is 10.5. The van der Waals surface area contributed by atoms with Gasteiger partial charge in [-0.25, -0.2) is 0 Å². The Hall–Kier alpha value is -3.52. The summed E-state index contributed by atoms with van der Waals surface area (Å²) in [5, 5.41) is 2.09. The Labute approximate surface area is 250 Å². The summed E-state index contributed by atoms with van der Waals surface area (Å²) in [5.41, 5.74) is 1.07. The lowest BCUT2D eigenvalue weighted by Gasteiger charge is -2.45. The maximum Gasteiger partial charge on any atom is 0.320 e. The summed E-state index contributed by atoms with van der Waals surface area (Å²) in [6.45, 7) is 7.14. The van der Waals surface area contributed by atoms with E-state index < -0.39 is 32.1 Å². The van der Waals surface area contributed by atoms with Crippen molar-refractivity contribution in [3.63, 3.8) is 0 Å². The van der Waals surface area contributed by atoms with E-state index >= 15 is 0 Å². The Morgan fingerprint density at radius 3 is 1.74 bits per heavy atom. The minimum absolute atomic E-state index is 0.241. The van der Waals surface area contributed by atoms with Crippen LogP contribution in [0.4, 0.5) is 0 Å². The van der Waals surface area contributed by atoms with E-state index in [1.807, 2.05) is 54.6 Å². The molecule has 42 heavy (non-hydrogen) atoms. The molecule has 0 saturated carbocycles. The van der Waals surface area contributed by atoms with Crippen molar-refractivity contribution in [1.29, 1.82) is 0 Å². The number of hydrogen-bond acceptors (Lipinski definition) is 6. The summed E-state index contributed by atoms with van der Waals surface area (Å²) in [7, 11) is -0.342. The molecule has 0 bridgehead atoms. The molecule has 1 aliphatic rings. The van der Waals surface area contributed by atoms with Gasteiger partial charge < -0.3 is 18.6 Å². The Morgan fingerprint density at radius 2 is 1.26 bits per heavy atom. The van der Waals surface area contributed by atoms with E-state index in [1.165, 1.54) is 14.2 Å². The fourth-order valence-corrected chi connectivity index (χ4v) is 10.7. The number of carbonyl (C=O) groups excluding carboxylic acids is 2. The van der Waals surface area contributed by atoms with E-state index in [-0.39, 0.29) is 17.2 Å². The van der Waals surface area contributed by atoms with Crippen molar-refractivity contribution >= 4 is 30.6 Å². The summed E-state index contributed by atoms with van der Waals surface area (Å²) in [4.78, 5) is 25.8. The molecule has 0 radical (unpaired) electrons. The van der Waals surface area contributed by atoms with Gasteiger partial charge in [-0.15, -0.1) is 0 Å². The first-order valence-electron chi connectivity index (χ1n) is 14.5. The number of hydrogen-bond donors (Lipinski definition) is 0. The molecule has 0 heterocycles. The van der Waals surface area contributed by atoms with Crippen LogP contribution >= 0.6 is 0 Å². The summed E-state index contributed by atoms with van der Waals surface area (Å²) >= 11 is 0. The van der Waals surface area contributed by atoms with E-state index in [0.717, 1.165) is 15.9 Å². The van der Waals surface area contributed by atoms with Crippen LogP contribution in [-0.2, 0) is 34.8 Å². The minimum Gasteiger partial charge on any atom is -0.468 e. The van der Waals surface area contributed by atoms with E-state index in [4.69, 9.17) is 18.6 Å². The molecule has 4 rings (SSSR count). The first kappa shape index (κ1) is 31.4. The molecule has 0 fully saturated rings. The fourth-order valence-electron chi connectivity index (χ4n) is 5.97. The van der Waals surface area contributed by atoms with Crippen LogP contribution < -0.4 is 10.4 Å². The molecule has 0 amide bonds. The second kappa shape index (κ2) is 14.1. The van der Waals surface area contributed by atoms with Gasteiger partial charge in [-0.1, -0.05) is 124 Å². The van der Waals surface area contributed by atoms with Gasteiger partial charge in [0.05, 0.1) is 26.9 Å². The normalized spacial score (nSPS) is 19.2. The van der Waals surface area contributed by atoms with Gasteiger partial charge in [0.25, 0.3) is 8.32 Å². The lowest BCUT2D eigenvalue weighted by molar-refractivity contribution is -0.161. The Bertz CT molecular complexity index is 1260. The smallest absolute Gasteiger partial charge is 0.320 e. The number of rotatable bonds is 10. The van der Waals surface area contributed by atoms with Gasteiger partial charge in [0.1, 0.15) is 0 Å². The quantitative estimate of drug-likeness (QED) is 0.136. The third-order valence-corrected chi connectivity index (χ3v) is 13.1. The SMILES string of the molecule is COC(=O)C(C(=O)OC)[C@@H]1C=C[C@H](OCc2ccccc2)C[C@H](O[Si](c2ccccc2)(c2ccccc2)C(C)(C)C)C1. The van der Waals surface area contributed by atoms with E-state index in [9.17, 15) is 9.59 Å². The molecule has 7 heteroatoms. The van der Waals surface area contributed by atoms with Crippen molar-refractivity contribution in [1.82, 2.24) is 0 Å². The average Bonchev–Trinajstić information content (AvgIpc) is 3.21. The second-order valence-electron chi connectivity index (χ2n) is 11.8.